The number of carbonyl (C=O) groups excluding carboxylic acids is 1. The van der Waals surface area contributed by atoms with Crippen molar-refractivity contribution in [1.82, 2.24) is 25.9 Å². The molecule has 0 aromatic carbocycles. The Hall–Kier alpha value is -0.840. The van der Waals surface area contributed by atoms with Crippen LogP contribution in [0.15, 0.2) is 0 Å². The minimum Gasteiger partial charge on any atom is -0.465 e. The molecule has 28 heavy (non-hydrogen) atoms. The molecule has 4 atom stereocenters. The van der Waals surface area contributed by atoms with Crippen LogP contribution in [0.2, 0.25) is 0 Å². The van der Waals surface area contributed by atoms with Gasteiger partial charge in [0.1, 0.15) is 11.7 Å². The fraction of sp³-hybridized carbons (Fsp3) is 0.895. The van der Waals surface area contributed by atoms with Crippen LogP contribution in [0, 0.1) is 11.3 Å². The number of aryl methyl sites for hydroxylation is 1. The summed E-state index contributed by atoms with van der Waals surface area (Å²) in [7, 11) is 0. The Bertz CT molecular complexity index is 675. The van der Waals surface area contributed by atoms with E-state index in [2.05, 4.69) is 69.3 Å². The van der Waals surface area contributed by atoms with Crippen LogP contribution < -0.4 is 5.32 Å². The van der Waals surface area contributed by atoms with Gasteiger partial charge in [0.2, 0.25) is 0 Å². The zero-order chi connectivity index (χ0) is 20.4. The Kier molecular flexibility index (Phi) is 6.63. The Labute approximate surface area is 179 Å². The highest BCUT2D eigenvalue weighted by atomic mass is 127. The topological polar surface area (TPSA) is 92.8 Å². The second-order valence-electron chi connectivity index (χ2n) is 9.17. The van der Waals surface area contributed by atoms with Crippen molar-refractivity contribution < 1.29 is 13.9 Å². The number of hydrogen-bond acceptors (Lipinski definition) is 6. The van der Waals surface area contributed by atoms with E-state index in [0.29, 0.717) is 57.0 Å². The van der Waals surface area contributed by atoms with E-state index in [0.717, 1.165) is 12.8 Å². The summed E-state index contributed by atoms with van der Waals surface area (Å²) in [6.45, 7) is 7.58. The van der Waals surface area contributed by atoms with Crippen LogP contribution in [-0.2, 0) is 16.0 Å². The predicted octanol–water partition coefficient (Wildman–Crippen LogP) is 3.16. The Morgan fingerprint density at radius 2 is 2.21 bits per heavy atom. The number of alkyl halides is 2. The molecule has 2 aliphatic rings. The third-order valence-corrected chi connectivity index (χ3v) is 8.60. The van der Waals surface area contributed by atoms with Crippen molar-refractivity contribution in [1.29, 1.82) is 0 Å². The Morgan fingerprint density at radius 3 is 2.89 bits per heavy atom. The third kappa shape index (κ3) is 4.83. The van der Waals surface area contributed by atoms with Crippen molar-refractivity contribution in [2.24, 2.45) is 11.3 Å². The first-order chi connectivity index (χ1) is 13.1. The maximum absolute atomic E-state index is 15.7. The second kappa shape index (κ2) is 8.49. The van der Waals surface area contributed by atoms with Gasteiger partial charge in [-0.05, 0) is 49.9 Å². The molecular formula is C19H31FIN5O2. The van der Waals surface area contributed by atoms with Crippen molar-refractivity contribution in [2.45, 2.75) is 80.8 Å². The van der Waals surface area contributed by atoms with E-state index in [1.54, 1.807) is 0 Å². The highest BCUT2D eigenvalue weighted by Gasteiger charge is 2.58. The summed E-state index contributed by atoms with van der Waals surface area (Å²) in [5, 5.41) is 17.2. The van der Waals surface area contributed by atoms with Crippen LogP contribution in [0.3, 0.4) is 0 Å². The fourth-order valence-corrected chi connectivity index (χ4v) is 5.92. The van der Waals surface area contributed by atoms with E-state index in [-0.39, 0.29) is 20.8 Å². The number of carbonyl (C=O) groups is 1. The molecule has 1 aromatic rings. The van der Waals surface area contributed by atoms with Gasteiger partial charge in [-0.2, -0.15) is 5.21 Å². The van der Waals surface area contributed by atoms with Crippen molar-refractivity contribution in [3.8, 4) is 0 Å². The summed E-state index contributed by atoms with van der Waals surface area (Å²) >= 11 is 2.42. The first-order valence-electron chi connectivity index (χ1n) is 10.1. The lowest BCUT2D eigenvalue weighted by Crippen LogP contribution is -2.64. The molecule has 0 amide bonds. The minimum atomic E-state index is -1.27. The van der Waals surface area contributed by atoms with Crippen molar-refractivity contribution in [3.05, 3.63) is 5.82 Å². The highest BCUT2D eigenvalue weighted by Crippen LogP contribution is 2.58. The first-order valence-corrected chi connectivity index (χ1v) is 11.2. The van der Waals surface area contributed by atoms with Gasteiger partial charge in [-0.3, -0.25) is 4.79 Å². The average Bonchev–Trinajstić information content (AvgIpc) is 3.14. The van der Waals surface area contributed by atoms with E-state index in [1.165, 1.54) is 0 Å². The van der Waals surface area contributed by atoms with E-state index < -0.39 is 5.67 Å². The maximum atomic E-state index is 15.7. The smallest absolute Gasteiger partial charge is 0.323 e. The zero-order valence-corrected chi connectivity index (χ0v) is 19.1. The van der Waals surface area contributed by atoms with Gasteiger partial charge in [-0.15, -0.1) is 10.2 Å². The molecule has 1 saturated carbocycles. The Morgan fingerprint density at radius 1 is 1.43 bits per heavy atom. The molecule has 1 aromatic heterocycles. The van der Waals surface area contributed by atoms with Crippen molar-refractivity contribution in [2.75, 3.05) is 13.2 Å². The van der Waals surface area contributed by atoms with Crippen LogP contribution in [0.5, 0.6) is 0 Å². The number of nitrogens with zero attached hydrogens (tertiary/aromatic N) is 3. The molecule has 2 fully saturated rings. The number of aromatic nitrogens is 4. The van der Waals surface area contributed by atoms with E-state index in [9.17, 15) is 4.79 Å². The largest absolute Gasteiger partial charge is 0.465 e. The van der Waals surface area contributed by atoms with Crippen LogP contribution in [0.25, 0.3) is 0 Å². The molecule has 1 aliphatic heterocycles. The minimum absolute atomic E-state index is 0.0377. The number of fused-ring (bicyclic) bond motifs is 1. The summed E-state index contributed by atoms with van der Waals surface area (Å²) in [5.74, 6) is 0.835. The van der Waals surface area contributed by atoms with Crippen LogP contribution in [0.1, 0.15) is 65.1 Å². The number of hydrogen-bond donors (Lipinski definition) is 2. The maximum Gasteiger partial charge on any atom is 0.323 e. The van der Waals surface area contributed by atoms with E-state index in [4.69, 9.17) is 4.74 Å². The number of aromatic amines is 1. The van der Waals surface area contributed by atoms with E-state index >= 15 is 4.39 Å². The standard InChI is InChI=1S/C19H31FIN5O2/c1-13(2)5-9-28-16(27)14-10-19(21)11-18(20,6-4-15-23-25-26-24-15)8-7-17(19,3)12-22-14/h13-14,22H,4-12H2,1-3H3,(H,23,24,25,26)/t14-,17+,18+,19?/m0/s1. The molecule has 0 bridgehead atoms. The number of ether oxygens (including phenoxy) is 1. The lowest BCUT2D eigenvalue weighted by Gasteiger charge is -2.57. The number of tetrazole rings is 1. The van der Waals surface area contributed by atoms with Crippen molar-refractivity contribution in [3.63, 3.8) is 0 Å². The number of H-pyrrole nitrogens is 1. The normalized spacial score (nSPS) is 35.6. The van der Waals surface area contributed by atoms with Gasteiger partial charge in [0.05, 0.1) is 6.61 Å². The molecule has 0 spiro atoms. The van der Waals surface area contributed by atoms with Crippen molar-refractivity contribution >= 4 is 28.6 Å². The molecule has 2 N–H and O–H groups in total. The van der Waals surface area contributed by atoms with Gasteiger partial charge < -0.3 is 10.1 Å². The van der Waals surface area contributed by atoms with Crippen LogP contribution >= 0.6 is 22.6 Å². The number of esters is 1. The molecule has 158 valence electrons. The summed E-state index contributed by atoms with van der Waals surface area (Å²) in [6.07, 6.45) is 4.05. The van der Waals surface area contributed by atoms with Gasteiger partial charge in [-0.25, -0.2) is 4.39 Å². The summed E-state index contributed by atoms with van der Waals surface area (Å²) < 4.78 is 20.9. The quantitative estimate of drug-likeness (QED) is 0.335. The van der Waals surface area contributed by atoms with Gasteiger partial charge in [0.25, 0.3) is 0 Å². The molecule has 1 unspecified atom stereocenters. The number of piperidine rings is 1. The monoisotopic (exact) mass is 507 g/mol. The highest BCUT2D eigenvalue weighted by molar-refractivity contribution is 14.1. The lowest BCUT2D eigenvalue weighted by molar-refractivity contribution is -0.149. The number of nitrogens with one attached hydrogen (secondary N) is 2. The molecule has 9 heteroatoms. The van der Waals surface area contributed by atoms with Gasteiger partial charge >= 0.3 is 5.97 Å². The average molecular weight is 507 g/mol. The molecule has 2 heterocycles. The lowest BCUT2D eigenvalue weighted by atomic mass is 9.59. The Balaban J connectivity index is 1.63. The number of halogens is 2. The molecule has 0 radical (unpaired) electrons. The summed E-state index contributed by atoms with van der Waals surface area (Å²) in [6, 6.07) is -0.364. The molecule has 1 saturated heterocycles. The van der Waals surface area contributed by atoms with E-state index in [1.807, 2.05) is 0 Å². The number of rotatable bonds is 7. The summed E-state index contributed by atoms with van der Waals surface area (Å²) in [4.78, 5) is 12.5. The SMILES string of the molecule is CC(C)CCOC(=O)[C@@H]1CC2(I)C[C@@](F)(CCc3nn[nH]n3)CC[C@]2(C)CN1. The van der Waals surface area contributed by atoms with Crippen LogP contribution in [0.4, 0.5) is 4.39 Å². The fourth-order valence-electron chi connectivity index (χ4n) is 4.34. The third-order valence-electron chi connectivity index (χ3n) is 6.48. The van der Waals surface area contributed by atoms with Gasteiger partial charge in [0.15, 0.2) is 5.82 Å². The predicted molar refractivity (Wildman–Crippen MR) is 112 cm³/mol. The first kappa shape index (κ1) is 21.9. The molecule has 7 nitrogen and oxygen atoms in total. The van der Waals surface area contributed by atoms with Crippen LogP contribution in [-0.4, -0.2) is 54.9 Å². The van der Waals surface area contributed by atoms with Gasteiger partial charge in [0, 0.05) is 16.4 Å². The molecular weight excluding hydrogens is 476 g/mol. The zero-order valence-electron chi connectivity index (χ0n) is 16.9. The summed E-state index contributed by atoms with van der Waals surface area (Å²) in [5.41, 5.74) is -1.31. The second-order valence-corrected chi connectivity index (χ2v) is 11.2. The molecule has 3 rings (SSSR count). The molecule has 1 aliphatic carbocycles. The van der Waals surface area contributed by atoms with Gasteiger partial charge in [-0.1, -0.05) is 48.6 Å².